The zero-order valence-corrected chi connectivity index (χ0v) is 12.9. The molecule has 0 spiro atoms. The van der Waals surface area contributed by atoms with Crippen LogP contribution < -0.4 is 5.32 Å². The fraction of sp³-hybridized carbons (Fsp3) is 0.571. The average molecular weight is 288 g/mol. The molecule has 4 heteroatoms. The van der Waals surface area contributed by atoms with Crippen molar-refractivity contribution in [3.63, 3.8) is 0 Å². The molecule has 0 aliphatic carbocycles. The molecule has 0 radical (unpaired) electrons. The molecule has 3 unspecified atom stereocenters. The monoisotopic (exact) mass is 287 g/mol. The highest BCUT2D eigenvalue weighted by atomic mass is 35.5. The van der Waals surface area contributed by atoms with E-state index in [9.17, 15) is 4.21 Å². The summed E-state index contributed by atoms with van der Waals surface area (Å²) in [6.45, 7) is 7.26. The van der Waals surface area contributed by atoms with Gasteiger partial charge in [0, 0.05) is 16.0 Å². The van der Waals surface area contributed by atoms with Gasteiger partial charge in [0.05, 0.1) is 16.0 Å². The Labute approximate surface area is 118 Å². The van der Waals surface area contributed by atoms with Crippen LogP contribution in [0.4, 0.5) is 0 Å². The SMILES string of the molecule is CCCNC(CC)C(C)S(=O)c1cccc(Cl)c1. The van der Waals surface area contributed by atoms with Gasteiger partial charge in [0.15, 0.2) is 0 Å². The van der Waals surface area contributed by atoms with E-state index in [1.807, 2.05) is 19.1 Å². The van der Waals surface area contributed by atoms with Gasteiger partial charge in [-0.2, -0.15) is 0 Å². The highest BCUT2D eigenvalue weighted by Gasteiger charge is 2.21. The van der Waals surface area contributed by atoms with Crippen molar-refractivity contribution in [2.24, 2.45) is 0 Å². The van der Waals surface area contributed by atoms with Crippen LogP contribution in [-0.2, 0) is 10.8 Å². The molecule has 0 heterocycles. The van der Waals surface area contributed by atoms with Gasteiger partial charge in [-0.05, 0) is 44.5 Å². The van der Waals surface area contributed by atoms with E-state index < -0.39 is 10.8 Å². The van der Waals surface area contributed by atoms with Crippen molar-refractivity contribution in [2.45, 2.75) is 49.8 Å². The third kappa shape index (κ3) is 4.38. The summed E-state index contributed by atoms with van der Waals surface area (Å²) in [5.41, 5.74) is 0. The predicted molar refractivity (Wildman–Crippen MR) is 79.7 cm³/mol. The molecule has 2 nitrogen and oxygen atoms in total. The molecule has 1 aromatic rings. The minimum atomic E-state index is -1.02. The maximum absolute atomic E-state index is 12.5. The lowest BCUT2D eigenvalue weighted by atomic mass is 10.1. The van der Waals surface area contributed by atoms with Gasteiger partial charge in [-0.1, -0.05) is 31.5 Å². The zero-order valence-electron chi connectivity index (χ0n) is 11.3. The second-order valence-corrected chi connectivity index (χ2v) is 6.67. The number of halogens is 1. The summed E-state index contributed by atoms with van der Waals surface area (Å²) in [5.74, 6) is 0. The minimum Gasteiger partial charge on any atom is -0.313 e. The molecule has 1 N–H and O–H groups in total. The zero-order chi connectivity index (χ0) is 13.5. The Balaban J connectivity index is 2.75. The highest BCUT2D eigenvalue weighted by Crippen LogP contribution is 2.19. The molecule has 0 aliphatic rings. The first-order valence-corrected chi connectivity index (χ1v) is 8.08. The molecular formula is C14H22ClNOS. The minimum absolute atomic E-state index is 0.0833. The van der Waals surface area contributed by atoms with E-state index in [-0.39, 0.29) is 11.3 Å². The van der Waals surface area contributed by atoms with Crippen molar-refractivity contribution >= 4 is 22.4 Å². The molecule has 0 aromatic heterocycles. The highest BCUT2D eigenvalue weighted by molar-refractivity contribution is 7.85. The first-order chi connectivity index (χ1) is 8.60. The van der Waals surface area contributed by atoms with Crippen molar-refractivity contribution in [1.82, 2.24) is 5.32 Å². The number of hydrogen-bond acceptors (Lipinski definition) is 2. The standard InChI is InChI=1S/C14H22ClNOS/c1-4-9-16-14(5-2)11(3)18(17)13-8-6-7-12(15)10-13/h6-8,10-11,14,16H,4-5,9H2,1-3H3. The van der Waals surface area contributed by atoms with Gasteiger partial charge in [0.2, 0.25) is 0 Å². The molecule has 0 aliphatic heterocycles. The molecule has 3 atom stereocenters. The first-order valence-electron chi connectivity index (χ1n) is 6.49. The van der Waals surface area contributed by atoms with Crippen LogP contribution in [0.1, 0.15) is 33.6 Å². The fourth-order valence-corrected chi connectivity index (χ4v) is 3.66. The summed E-state index contributed by atoms with van der Waals surface area (Å²) in [7, 11) is -1.02. The van der Waals surface area contributed by atoms with Crippen molar-refractivity contribution < 1.29 is 4.21 Å². The molecule has 0 saturated carbocycles. The van der Waals surface area contributed by atoms with Gasteiger partial charge in [-0.15, -0.1) is 0 Å². The fourth-order valence-electron chi connectivity index (χ4n) is 1.93. The van der Waals surface area contributed by atoms with E-state index in [4.69, 9.17) is 11.6 Å². The Morgan fingerprint density at radius 1 is 1.39 bits per heavy atom. The van der Waals surface area contributed by atoms with Gasteiger partial charge < -0.3 is 5.32 Å². The van der Waals surface area contributed by atoms with Crippen LogP contribution in [-0.4, -0.2) is 22.0 Å². The smallest absolute Gasteiger partial charge is 0.0574 e. The van der Waals surface area contributed by atoms with E-state index in [0.29, 0.717) is 5.02 Å². The molecule has 0 amide bonds. The summed E-state index contributed by atoms with van der Waals surface area (Å²) in [6.07, 6.45) is 2.07. The molecule has 102 valence electrons. The Morgan fingerprint density at radius 3 is 2.67 bits per heavy atom. The maximum atomic E-state index is 12.5. The number of hydrogen-bond donors (Lipinski definition) is 1. The molecule has 0 fully saturated rings. The van der Waals surface area contributed by atoms with Gasteiger partial charge in [0.25, 0.3) is 0 Å². The first kappa shape index (κ1) is 15.7. The Morgan fingerprint density at radius 2 is 2.11 bits per heavy atom. The van der Waals surface area contributed by atoms with E-state index in [0.717, 1.165) is 24.3 Å². The van der Waals surface area contributed by atoms with Crippen molar-refractivity contribution in [3.05, 3.63) is 29.3 Å². The summed E-state index contributed by atoms with van der Waals surface area (Å²) in [5, 5.41) is 4.18. The van der Waals surface area contributed by atoms with E-state index >= 15 is 0 Å². The average Bonchev–Trinajstić information content (AvgIpc) is 2.38. The van der Waals surface area contributed by atoms with Crippen molar-refractivity contribution in [2.75, 3.05) is 6.54 Å². The van der Waals surface area contributed by atoms with Crippen LogP contribution in [0.15, 0.2) is 29.2 Å². The molecule has 0 saturated heterocycles. The van der Waals surface area contributed by atoms with Gasteiger partial charge >= 0.3 is 0 Å². The second kappa shape index (κ2) is 7.93. The Hall–Kier alpha value is -0.380. The summed E-state index contributed by atoms with van der Waals surface area (Å²) < 4.78 is 12.5. The van der Waals surface area contributed by atoms with Crippen LogP contribution in [0.25, 0.3) is 0 Å². The van der Waals surface area contributed by atoms with E-state index in [1.165, 1.54) is 0 Å². The number of benzene rings is 1. The van der Waals surface area contributed by atoms with Gasteiger partial charge in [-0.3, -0.25) is 4.21 Å². The number of nitrogens with one attached hydrogen (secondary N) is 1. The Bertz CT molecular complexity index is 397. The van der Waals surface area contributed by atoms with Crippen LogP contribution in [0, 0.1) is 0 Å². The largest absolute Gasteiger partial charge is 0.313 e. The lowest BCUT2D eigenvalue weighted by molar-refractivity contribution is 0.486. The van der Waals surface area contributed by atoms with E-state index in [2.05, 4.69) is 19.2 Å². The normalized spacial score (nSPS) is 16.2. The Kier molecular flexibility index (Phi) is 6.90. The second-order valence-electron chi connectivity index (χ2n) is 4.43. The summed E-state index contributed by atoms with van der Waals surface area (Å²) in [6, 6.07) is 7.61. The van der Waals surface area contributed by atoms with Crippen LogP contribution in [0.5, 0.6) is 0 Å². The molecule has 1 rings (SSSR count). The molecule has 0 bridgehead atoms. The number of rotatable bonds is 7. The van der Waals surface area contributed by atoms with Crippen molar-refractivity contribution in [3.8, 4) is 0 Å². The predicted octanol–water partition coefficient (Wildman–Crippen LogP) is 3.61. The third-order valence-electron chi connectivity index (χ3n) is 3.03. The maximum Gasteiger partial charge on any atom is 0.0574 e. The van der Waals surface area contributed by atoms with Crippen LogP contribution in [0.3, 0.4) is 0 Å². The lowest BCUT2D eigenvalue weighted by Gasteiger charge is -2.23. The third-order valence-corrected chi connectivity index (χ3v) is 4.99. The lowest BCUT2D eigenvalue weighted by Crippen LogP contribution is -2.40. The van der Waals surface area contributed by atoms with Crippen LogP contribution in [0.2, 0.25) is 5.02 Å². The van der Waals surface area contributed by atoms with Crippen molar-refractivity contribution in [1.29, 1.82) is 0 Å². The molecule has 18 heavy (non-hydrogen) atoms. The summed E-state index contributed by atoms with van der Waals surface area (Å²) >= 11 is 5.94. The van der Waals surface area contributed by atoms with Gasteiger partial charge in [0.1, 0.15) is 0 Å². The van der Waals surface area contributed by atoms with Crippen LogP contribution >= 0.6 is 11.6 Å². The topological polar surface area (TPSA) is 29.1 Å². The van der Waals surface area contributed by atoms with Gasteiger partial charge in [-0.25, -0.2) is 0 Å². The van der Waals surface area contributed by atoms with E-state index in [1.54, 1.807) is 12.1 Å². The summed E-state index contributed by atoms with van der Waals surface area (Å²) in [4.78, 5) is 0.812. The quantitative estimate of drug-likeness (QED) is 0.830. The molecular weight excluding hydrogens is 266 g/mol. The molecule has 1 aromatic carbocycles.